The largest absolute Gasteiger partial charge is 0.391 e. The first-order chi connectivity index (χ1) is 8.98. The first kappa shape index (κ1) is 15.1. The van der Waals surface area contributed by atoms with Crippen molar-refractivity contribution in [2.24, 2.45) is 5.92 Å². The van der Waals surface area contributed by atoms with Gasteiger partial charge >= 0.3 is 6.18 Å². The lowest BCUT2D eigenvalue weighted by Gasteiger charge is -2.40. The Morgan fingerprint density at radius 2 is 1.68 bits per heavy atom. The molecule has 1 heterocycles. The van der Waals surface area contributed by atoms with E-state index in [1.807, 2.05) is 7.05 Å². The van der Waals surface area contributed by atoms with Crippen molar-refractivity contribution in [1.82, 2.24) is 10.2 Å². The van der Waals surface area contributed by atoms with E-state index in [1.54, 1.807) is 0 Å². The maximum Gasteiger partial charge on any atom is 0.391 e. The van der Waals surface area contributed by atoms with E-state index in [4.69, 9.17) is 0 Å². The average molecular weight is 278 g/mol. The van der Waals surface area contributed by atoms with Crippen molar-refractivity contribution in [2.45, 2.75) is 63.2 Å². The number of halogens is 3. The molecular weight excluding hydrogens is 253 g/mol. The topological polar surface area (TPSA) is 15.3 Å². The monoisotopic (exact) mass is 278 g/mol. The predicted molar refractivity (Wildman–Crippen MR) is 70.1 cm³/mol. The van der Waals surface area contributed by atoms with Gasteiger partial charge in [-0.15, -0.1) is 0 Å². The second-order valence-electron chi connectivity index (χ2n) is 6.06. The molecule has 3 unspecified atom stereocenters. The van der Waals surface area contributed by atoms with Gasteiger partial charge in [-0.3, -0.25) is 0 Å². The molecule has 0 spiro atoms. The summed E-state index contributed by atoms with van der Waals surface area (Å²) in [5.74, 6) is -1.09. The summed E-state index contributed by atoms with van der Waals surface area (Å²) in [5.41, 5.74) is 0. The molecule has 2 aliphatic rings. The minimum absolute atomic E-state index is 0.114. The van der Waals surface area contributed by atoms with E-state index >= 15 is 0 Å². The molecule has 0 amide bonds. The van der Waals surface area contributed by atoms with E-state index in [1.165, 1.54) is 0 Å². The van der Waals surface area contributed by atoms with Crippen molar-refractivity contribution in [3.05, 3.63) is 0 Å². The lowest BCUT2D eigenvalue weighted by molar-refractivity contribution is -0.187. The Bertz CT molecular complexity index is 272. The zero-order chi connectivity index (χ0) is 13.9. The fourth-order valence-corrected chi connectivity index (χ4v) is 3.54. The van der Waals surface area contributed by atoms with E-state index in [9.17, 15) is 13.2 Å². The van der Waals surface area contributed by atoms with Gasteiger partial charge in [-0.05, 0) is 58.7 Å². The van der Waals surface area contributed by atoms with Crippen LogP contribution in [0.1, 0.15) is 44.9 Å². The minimum Gasteiger partial charge on any atom is -0.317 e. The van der Waals surface area contributed by atoms with Gasteiger partial charge < -0.3 is 10.2 Å². The van der Waals surface area contributed by atoms with E-state index in [-0.39, 0.29) is 6.04 Å². The van der Waals surface area contributed by atoms with E-state index < -0.39 is 12.1 Å². The first-order valence-electron chi connectivity index (χ1n) is 7.48. The Labute approximate surface area is 113 Å². The molecule has 19 heavy (non-hydrogen) atoms. The summed E-state index contributed by atoms with van der Waals surface area (Å²) in [5, 5.41) is 3.36. The van der Waals surface area contributed by atoms with Crippen LogP contribution in [0.4, 0.5) is 13.2 Å². The lowest BCUT2D eigenvalue weighted by atomic mass is 9.84. The van der Waals surface area contributed by atoms with Gasteiger partial charge in [0.25, 0.3) is 0 Å². The molecule has 112 valence electrons. The summed E-state index contributed by atoms with van der Waals surface area (Å²) in [6.45, 7) is 2.03. The number of rotatable bonds is 2. The average Bonchev–Trinajstić information content (AvgIpc) is 2.66. The quantitative estimate of drug-likeness (QED) is 0.834. The molecule has 0 aromatic carbocycles. The van der Waals surface area contributed by atoms with Gasteiger partial charge in [0, 0.05) is 12.1 Å². The fraction of sp³-hybridized carbons (Fsp3) is 1.00. The molecule has 0 radical (unpaired) electrons. The van der Waals surface area contributed by atoms with Crippen LogP contribution in [0.15, 0.2) is 0 Å². The molecule has 0 aromatic heterocycles. The highest BCUT2D eigenvalue weighted by Crippen LogP contribution is 2.39. The molecule has 2 rings (SSSR count). The second kappa shape index (κ2) is 6.44. The summed E-state index contributed by atoms with van der Waals surface area (Å²) < 4.78 is 38.6. The molecule has 2 fully saturated rings. The normalized spacial score (nSPS) is 34.3. The summed E-state index contributed by atoms with van der Waals surface area (Å²) in [6, 6.07) is 0.565. The van der Waals surface area contributed by atoms with Gasteiger partial charge in [-0.1, -0.05) is 6.42 Å². The Balaban J connectivity index is 1.92. The molecule has 3 atom stereocenters. The highest BCUT2D eigenvalue weighted by Gasteiger charge is 2.43. The Morgan fingerprint density at radius 3 is 2.42 bits per heavy atom. The van der Waals surface area contributed by atoms with Crippen LogP contribution in [-0.2, 0) is 0 Å². The van der Waals surface area contributed by atoms with Crippen LogP contribution in [0.5, 0.6) is 0 Å². The number of nitrogens with zero attached hydrogens (tertiary/aromatic N) is 1. The van der Waals surface area contributed by atoms with E-state index in [0.29, 0.717) is 25.3 Å². The highest BCUT2D eigenvalue weighted by atomic mass is 19.4. The molecule has 5 heteroatoms. The Morgan fingerprint density at radius 1 is 0.947 bits per heavy atom. The third-order valence-corrected chi connectivity index (χ3v) is 4.81. The SMILES string of the molecule is CN(C1CCCNCC1)C1CCCC(C(F)(F)F)C1. The van der Waals surface area contributed by atoms with Crippen LogP contribution in [0.3, 0.4) is 0 Å². The van der Waals surface area contributed by atoms with Gasteiger partial charge in [-0.25, -0.2) is 0 Å². The lowest BCUT2D eigenvalue weighted by Crippen LogP contribution is -2.45. The molecular formula is C14H25F3N2. The minimum atomic E-state index is -4.01. The first-order valence-corrected chi connectivity index (χ1v) is 7.48. The Hall–Kier alpha value is -0.290. The van der Waals surface area contributed by atoms with Crippen molar-refractivity contribution >= 4 is 0 Å². The van der Waals surface area contributed by atoms with Crippen LogP contribution in [0, 0.1) is 5.92 Å². The van der Waals surface area contributed by atoms with Gasteiger partial charge in [-0.2, -0.15) is 13.2 Å². The summed E-state index contributed by atoms with van der Waals surface area (Å²) in [6.07, 6.45) is 1.54. The van der Waals surface area contributed by atoms with Crippen LogP contribution >= 0.6 is 0 Å². The number of nitrogens with one attached hydrogen (secondary N) is 1. The molecule has 2 nitrogen and oxygen atoms in total. The van der Waals surface area contributed by atoms with Gasteiger partial charge in [0.2, 0.25) is 0 Å². The molecule has 1 aliphatic carbocycles. The highest BCUT2D eigenvalue weighted by molar-refractivity contribution is 4.86. The predicted octanol–water partition coefficient (Wildman–Crippen LogP) is 3.18. The van der Waals surface area contributed by atoms with Crippen molar-refractivity contribution in [2.75, 3.05) is 20.1 Å². The van der Waals surface area contributed by atoms with Gasteiger partial charge in [0.05, 0.1) is 5.92 Å². The zero-order valence-corrected chi connectivity index (χ0v) is 11.7. The van der Waals surface area contributed by atoms with Crippen LogP contribution in [0.25, 0.3) is 0 Å². The van der Waals surface area contributed by atoms with Crippen molar-refractivity contribution < 1.29 is 13.2 Å². The third kappa shape index (κ3) is 4.09. The van der Waals surface area contributed by atoms with Crippen molar-refractivity contribution in [1.29, 1.82) is 0 Å². The molecule has 1 aliphatic heterocycles. The van der Waals surface area contributed by atoms with Crippen molar-refractivity contribution in [3.63, 3.8) is 0 Å². The standard InChI is InChI=1S/C14H25F3N2/c1-19(12-6-3-8-18-9-7-12)13-5-2-4-11(10-13)14(15,16)17/h11-13,18H,2-10H2,1H3. The molecule has 1 N–H and O–H groups in total. The molecule has 0 bridgehead atoms. The molecule has 0 aromatic rings. The van der Waals surface area contributed by atoms with Crippen LogP contribution in [0.2, 0.25) is 0 Å². The van der Waals surface area contributed by atoms with E-state index in [0.717, 1.165) is 38.8 Å². The van der Waals surface area contributed by atoms with Crippen LogP contribution in [-0.4, -0.2) is 43.3 Å². The van der Waals surface area contributed by atoms with Crippen molar-refractivity contribution in [3.8, 4) is 0 Å². The summed E-state index contributed by atoms with van der Waals surface area (Å²) in [4.78, 5) is 2.24. The maximum atomic E-state index is 12.9. The van der Waals surface area contributed by atoms with E-state index in [2.05, 4.69) is 10.2 Å². The molecule has 1 saturated carbocycles. The summed E-state index contributed by atoms with van der Waals surface area (Å²) >= 11 is 0. The van der Waals surface area contributed by atoms with Crippen LogP contribution < -0.4 is 5.32 Å². The molecule has 1 saturated heterocycles. The second-order valence-corrected chi connectivity index (χ2v) is 6.06. The zero-order valence-electron chi connectivity index (χ0n) is 11.7. The van der Waals surface area contributed by atoms with Gasteiger partial charge in [0.15, 0.2) is 0 Å². The smallest absolute Gasteiger partial charge is 0.317 e. The Kier molecular flexibility index (Phi) is 5.12. The fourth-order valence-electron chi connectivity index (χ4n) is 3.54. The number of alkyl halides is 3. The summed E-state index contributed by atoms with van der Waals surface area (Å²) in [7, 11) is 2.03. The third-order valence-electron chi connectivity index (χ3n) is 4.81. The van der Waals surface area contributed by atoms with Gasteiger partial charge in [0.1, 0.15) is 0 Å². The number of hydrogen-bond donors (Lipinski definition) is 1. The number of hydrogen-bond acceptors (Lipinski definition) is 2. The maximum absolute atomic E-state index is 12.9.